The molecular formula is C17H19FN2. The van der Waals surface area contributed by atoms with Crippen LogP contribution in [0, 0.1) is 5.82 Å². The summed E-state index contributed by atoms with van der Waals surface area (Å²) in [5, 5.41) is 3.06. The Morgan fingerprint density at radius 1 is 1.15 bits per heavy atom. The second-order valence-electron chi connectivity index (χ2n) is 5.32. The first-order valence-electron chi connectivity index (χ1n) is 7.01. The Morgan fingerprint density at radius 3 is 2.70 bits per heavy atom. The number of benzene rings is 2. The van der Waals surface area contributed by atoms with E-state index in [0.717, 1.165) is 17.7 Å². The van der Waals surface area contributed by atoms with E-state index in [2.05, 4.69) is 35.3 Å². The van der Waals surface area contributed by atoms with Crippen LogP contribution >= 0.6 is 0 Å². The van der Waals surface area contributed by atoms with Crippen molar-refractivity contribution in [3.8, 4) is 0 Å². The Morgan fingerprint density at radius 2 is 1.90 bits per heavy atom. The summed E-state index contributed by atoms with van der Waals surface area (Å²) in [5.41, 5.74) is 4.23. The van der Waals surface area contributed by atoms with Crippen LogP contribution in [0.15, 0.2) is 42.5 Å². The van der Waals surface area contributed by atoms with Gasteiger partial charge in [0.1, 0.15) is 5.82 Å². The van der Waals surface area contributed by atoms with Gasteiger partial charge in [-0.15, -0.1) is 0 Å². The topological polar surface area (TPSA) is 15.3 Å². The Hall–Kier alpha value is -1.87. The van der Waals surface area contributed by atoms with Crippen molar-refractivity contribution in [2.45, 2.75) is 25.9 Å². The molecule has 0 radical (unpaired) electrons. The number of nitrogens with one attached hydrogen (secondary N) is 1. The second kappa shape index (κ2) is 5.25. The predicted octanol–water partition coefficient (Wildman–Crippen LogP) is 3.63. The molecule has 1 aliphatic heterocycles. The van der Waals surface area contributed by atoms with Gasteiger partial charge in [0.2, 0.25) is 0 Å². The van der Waals surface area contributed by atoms with Gasteiger partial charge in [0.15, 0.2) is 0 Å². The number of para-hydroxylation sites is 1. The number of fused-ring (bicyclic) bond motifs is 1. The van der Waals surface area contributed by atoms with Crippen molar-refractivity contribution in [3.63, 3.8) is 0 Å². The van der Waals surface area contributed by atoms with Crippen LogP contribution in [0.25, 0.3) is 0 Å². The Labute approximate surface area is 119 Å². The molecule has 1 N–H and O–H groups in total. The summed E-state index contributed by atoms with van der Waals surface area (Å²) in [5.74, 6) is -0.145. The highest BCUT2D eigenvalue weighted by Crippen LogP contribution is 2.40. The summed E-state index contributed by atoms with van der Waals surface area (Å²) in [6.07, 6.45) is 1.01. The number of nitrogens with zero attached hydrogens (tertiary/aromatic N) is 1. The van der Waals surface area contributed by atoms with Gasteiger partial charge in [0.05, 0.1) is 0 Å². The van der Waals surface area contributed by atoms with E-state index < -0.39 is 0 Å². The third-order valence-electron chi connectivity index (χ3n) is 3.91. The summed E-state index contributed by atoms with van der Waals surface area (Å²) < 4.78 is 14.1. The monoisotopic (exact) mass is 270 g/mol. The molecule has 0 fully saturated rings. The summed E-state index contributed by atoms with van der Waals surface area (Å²) in [7, 11) is 1.84. The van der Waals surface area contributed by atoms with Gasteiger partial charge in [-0.25, -0.2) is 4.39 Å². The number of anilines is 2. The molecule has 1 unspecified atom stereocenters. The predicted molar refractivity (Wildman–Crippen MR) is 80.9 cm³/mol. The van der Waals surface area contributed by atoms with Gasteiger partial charge in [0, 0.05) is 29.5 Å². The Balaban J connectivity index is 2.12. The quantitative estimate of drug-likeness (QED) is 0.916. The van der Waals surface area contributed by atoms with Crippen molar-refractivity contribution < 1.29 is 4.39 Å². The lowest BCUT2D eigenvalue weighted by atomic mass is 10.1. The molecular weight excluding hydrogens is 251 g/mol. The van der Waals surface area contributed by atoms with Gasteiger partial charge >= 0.3 is 0 Å². The number of hydrogen-bond acceptors (Lipinski definition) is 2. The molecule has 0 saturated heterocycles. The lowest BCUT2D eigenvalue weighted by molar-refractivity contribution is 0.599. The van der Waals surface area contributed by atoms with E-state index in [1.165, 1.54) is 17.3 Å². The van der Waals surface area contributed by atoms with Gasteiger partial charge in [-0.05, 0) is 44.2 Å². The van der Waals surface area contributed by atoms with Crippen LogP contribution in [0.2, 0.25) is 0 Å². The first kappa shape index (κ1) is 13.1. The zero-order chi connectivity index (χ0) is 14.1. The average molecular weight is 270 g/mol. The van der Waals surface area contributed by atoms with Crippen LogP contribution in [-0.2, 0) is 13.0 Å². The molecule has 0 bridgehead atoms. The van der Waals surface area contributed by atoms with E-state index in [0.29, 0.717) is 12.6 Å². The van der Waals surface area contributed by atoms with Crippen LogP contribution in [-0.4, -0.2) is 13.1 Å². The molecule has 1 heterocycles. The molecule has 0 amide bonds. The van der Waals surface area contributed by atoms with Crippen molar-refractivity contribution in [1.82, 2.24) is 5.32 Å². The van der Waals surface area contributed by atoms with Crippen LogP contribution in [0.1, 0.15) is 18.1 Å². The van der Waals surface area contributed by atoms with Crippen molar-refractivity contribution in [1.29, 1.82) is 0 Å². The van der Waals surface area contributed by atoms with Gasteiger partial charge in [0.25, 0.3) is 0 Å². The molecule has 20 heavy (non-hydrogen) atoms. The Bertz CT molecular complexity index is 624. The van der Waals surface area contributed by atoms with Crippen molar-refractivity contribution in [2.24, 2.45) is 0 Å². The molecule has 3 rings (SSSR count). The van der Waals surface area contributed by atoms with Gasteiger partial charge in [-0.2, -0.15) is 0 Å². The summed E-state index contributed by atoms with van der Waals surface area (Å²) >= 11 is 0. The first-order chi connectivity index (χ1) is 9.72. The molecule has 2 aromatic rings. The SMILES string of the molecule is CNCc1c(F)cccc1N1c2ccccc2CC1C. The average Bonchev–Trinajstić information content (AvgIpc) is 2.77. The van der Waals surface area contributed by atoms with Crippen LogP contribution in [0.4, 0.5) is 15.8 Å². The van der Waals surface area contributed by atoms with E-state index >= 15 is 0 Å². The van der Waals surface area contributed by atoms with Crippen LogP contribution in [0.5, 0.6) is 0 Å². The number of halogens is 1. The molecule has 0 aliphatic carbocycles. The van der Waals surface area contributed by atoms with Crippen molar-refractivity contribution in [2.75, 3.05) is 11.9 Å². The molecule has 1 atom stereocenters. The highest BCUT2D eigenvalue weighted by molar-refractivity contribution is 5.73. The molecule has 0 aromatic heterocycles. The van der Waals surface area contributed by atoms with E-state index in [1.807, 2.05) is 19.2 Å². The van der Waals surface area contributed by atoms with E-state index in [9.17, 15) is 4.39 Å². The maximum Gasteiger partial charge on any atom is 0.129 e. The van der Waals surface area contributed by atoms with E-state index in [-0.39, 0.29) is 5.82 Å². The van der Waals surface area contributed by atoms with Gasteiger partial charge < -0.3 is 10.2 Å². The summed E-state index contributed by atoms with van der Waals surface area (Å²) in [4.78, 5) is 2.26. The standard InChI is InChI=1S/C17H19FN2/c1-12-10-13-6-3-4-8-16(13)20(12)17-9-5-7-15(18)14(17)11-19-2/h3-9,12,19H,10-11H2,1-2H3. The molecule has 3 heteroatoms. The van der Waals surface area contributed by atoms with Crippen molar-refractivity contribution in [3.05, 3.63) is 59.4 Å². The Kier molecular flexibility index (Phi) is 3.45. The zero-order valence-electron chi connectivity index (χ0n) is 11.9. The minimum atomic E-state index is -0.145. The smallest absolute Gasteiger partial charge is 0.129 e. The second-order valence-corrected chi connectivity index (χ2v) is 5.32. The molecule has 2 nitrogen and oxygen atoms in total. The molecule has 104 valence electrons. The van der Waals surface area contributed by atoms with Gasteiger partial charge in [-0.3, -0.25) is 0 Å². The minimum Gasteiger partial charge on any atom is -0.338 e. The minimum absolute atomic E-state index is 0.145. The summed E-state index contributed by atoms with van der Waals surface area (Å²) in [6.45, 7) is 2.72. The van der Waals surface area contributed by atoms with Crippen LogP contribution < -0.4 is 10.2 Å². The van der Waals surface area contributed by atoms with E-state index in [1.54, 1.807) is 6.07 Å². The summed E-state index contributed by atoms with van der Waals surface area (Å²) in [6, 6.07) is 14.1. The molecule has 2 aromatic carbocycles. The fourth-order valence-electron chi connectivity index (χ4n) is 3.06. The number of rotatable bonds is 3. The third kappa shape index (κ3) is 2.08. The normalized spacial score (nSPS) is 17.4. The third-order valence-corrected chi connectivity index (χ3v) is 3.91. The molecule has 1 aliphatic rings. The highest BCUT2D eigenvalue weighted by atomic mass is 19.1. The number of hydrogen-bond donors (Lipinski definition) is 1. The van der Waals surface area contributed by atoms with Crippen LogP contribution in [0.3, 0.4) is 0 Å². The molecule has 0 spiro atoms. The van der Waals surface area contributed by atoms with E-state index in [4.69, 9.17) is 0 Å². The zero-order valence-corrected chi connectivity index (χ0v) is 11.9. The first-order valence-corrected chi connectivity index (χ1v) is 7.01. The van der Waals surface area contributed by atoms with Crippen molar-refractivity contribution >= 4 is 11.4 Å². The maximum absolute atomic E-state index is 14.1. The lowest BCUT2D eigenvalue weighted by Crippen LogP contribution is -2.26. The lowest BCUT2D eigenvalue weighted by Gasteiger charge is -2.27. The molecule has 0 saturated carbocycles. The largest absolute Gasteiger partial charge is 0.338 e. The highest BCUT2D eigenvalue weighted by Gasteiger charge is 2.28. The van der Waals surface area contributed by atoms with Gasteiger partial charge in [-0.1, -0.05) is 24.3 Å². The maximum atomic E-state index is 14.1. The fraction of sp³-hybridized carbons (Fsp3) is 0.294. The fourth-order valence-corrected chi connectivity index (χ4v) is 3.06.